The molecule has 1 aliphatic heterocycles. The smallest absolute Gasteiger partial charge is 0.334 e. The van der Waals surface area contributed by atoms with Gasteiger partial charge in [-0.2, -0.15) is 18.3 Å². The van der Waals surface area contributed by atoms with Gasteiger partial charge in [-0.25, -0.2) is 4.68 Å². The molecule has 2 N–H and O–H groups in total. The average molecular weight is 403 g/mol. The van der Waals surface area contributed by atoms with Gasteiger partial charge >= 0.3 is 6.18 Å². The van der Waals surface area contributed by atoms with E-state index in [-0.39, 0.29) is 24.4 Å². The summed E-state index contributed by atoms with van der Waals surface area (Å²) in [7, 11) is 0. The van der Waals surface area contributed by atoms with Crippen LogP contribution in [0.2, 0.25) is 0 Å². The maximum atomic E-state index is 12.9. The number of piperidine rings is 1. The quantitative estimate of drug-likeness (QED) is 0.854. The van der Waals surface area contributed by atoms with Gasteiger partial charge in [-0.05, 0) is 43.0 Å². The van der Waals surface area contributed by atoms with Crippen molar-refractivity contribution in [3.05, 3.63) is 47.8 Å². The van der Waals surface area contributed by atoms with E-state index in [0.717, 1.165) is 23.6 Å². The summed E-state index contributed by atoms with van der Waals surface area (Å²) in [5, 5.41) is 3.55. The number of benzene rings is 1. The summed E-state index contributed by atoms with van der Waals surface area (Å²) in [6.07, 6.45) is -1.50. The van der Waals surface area contributed by atoms with Gasteiger partial charge in [0.15, 0.2) is 5.69 Å². The SMILES string of the molecule is CC1CCN(C(=O)c2cccc(-n3ccc(C(F)(F)F)n3)c2)C(CN)C1.Cl. The molecule has 0 aliphatic carbocycles. The molecule has 1 amide bonds. The molecule has 2 heterocycles. The van der Waals surface area contributed by atoms with Gasteiger partial charge in [-0.15, -0.1) is 12.4 Å². The second-order valence-electron chi connectivity index (χ2n) is 6.71. The summed E-state index contributed by atoms with van der Waals surface area (Å²) >= 11 is 0. The molecule has 2 unspecified atom stereocenters. The minimum absolute atomic E-state index is 0. The molecule has 148 valence electrons. The van der Waals surface area contributed by atoms with E-state index in [2.05, 4.69) is 12.0 Å². The zero-order valence-electron chi connectivity index (χ0n) is 14.8. The molecule has 3 rings (SSSR count). The highest BCUT2D eigenvalue weighted by molar-refractivity contribution is 5.95. The Hall–Kier alpha value is -2.06. The van der Waals surface area contributed by atoms with E-state index in [1.807, 2.05) is 0 Å². The Bertz CT molecular complexity index is 793. The second-order valence-corrected chi connectivity index (χ2v) is 6.71. The van der Waals surface area contributed by atoms with Crippen molar-refractivity contribution in [3.63, 3.8) is 0 Å². The number of nitrogens with two attached hydrogens (primary N) is 1. The van der Waals surface area contributed by atoms with Gasteiger partial charge in [0.1, 0.15) is 0 Å². The molecule has 0 radical (unpaired) electrons. The monoisotopic (exact) mass is 402 g/mol. The van der Waals surface area contributed by atoms with Gasteiger partial charge in [0.25, 0.3) is 5.91 Å². The van der Waals surface area contributed by atoms with Crippen molar-refractivity contribution in [1.29, 1.82) is 0 Å². The normalized spacial score (nSPS) is 20.3. The molecule has 1 fully saturated rings. The van der Waals surface area contributed by atoms with Crippen LogP contribution in [0.5, 0.6) is 0 Å². The molecule has 9 heteroatoms. The largest absolute Gasteiger partial charge is 0.435 e. The van der Waals surface area contributed by atoms with Crippen LogP contribution in [0.1, 0.15) is 35.8 Å². The Kier molecular flexibility index (Phi) is 6.54. The number of likely N-dealkylation sites (tertiary alicyclic amines) is 1. The molecule has 1 aromatic carbocycles. The van der Waals surface area contributed by atoms with Crippen LogP contribution >= 0.6 is 12.4 Å². The zero-order valence-corrected chi connectivity index (χ0v) is 15.6. The summed E-state index contributed by atoms with van der Waals surface area (Å²) in [6, 6.07) is 7.36. The number of amides is 1. The van der Waals surface area contributed by atoms with Crippen LogP contribution in [0.4, 0.5) is 13.2 Å². The molecule has 2 atom stereocenters. The lowest BCUT2D eigenvalue weighted by Gasteiger charge is -2.38. The van der Waals surface area contributed by atoms with E-state index in [1.54, 1.807) is 29.2 Å². The third-order valence-corrected chi connectivity index (χ3v) is 4.75. The van der Waals surface area contributed by atoms with Crippen molar-refractivity contribution in [2.75, 3.05) is 13.1 Å². The fraction of sp³-hybridized carbons (Fsp3) is 0.444. The fourth-order valence-corrected chi connectivity index (χ4v) is 3.31. The van der Waals surface area contributed by atoms with Crippen LogP contribution in [-0.2, 0) is 6.18 Å². The van der Waals surface area contributed by atoms with Crippen molar-refractivity contribution < 1.29 is 18.0 Å². The Morgan fingerprint density at radius 3 is 2.70 bits per heavy atom. The first-order chi connectivity index (χ1) is 12.3. The van der Waals surface area contributed by atoms with Gasteiger partial charge in [-0.3, -0.25) is 4.79 Å². The molecular formula is C18H22ClF3N4O. The van der Waals surface area contributed by atoms with E-state index in [9.17, 15) is 18.0 Å². The van der Waals surface area contributed by atoms with Crippen LogP contribution in [0.15, 0.2) is 36.5 Å². The molecule has 5 nitrogen and oxygen atoms in total. The minimum Gasteiger partial charge on any atom is -0.334 e. The number of nitrogens with zero attached hydrogens (tertiary/aromatic N) is 3. The minimum atomic E-state index is -4.50. The number of carbonyl (C=O) groups is 1. The van der Waals surface area contributed by atoms with Crippen LogP contribution in [0.25, 0.3) is 5.69 Å². The number of hydrogen-bond donors (Lipinski definition) is 1. The second kappa shape index (κ2) is 8.31. The third kappa shape index (κ3) is 4.62. The topological polar surface area (TPSA) is 64.2 Å². The molecule has 27 heavy (non-hydrogen) atoms. The summed E-state index contributed by atoms with van der Waals surface area (Å²) in [5.41, 5.74) is 5.67. The van der Waals surface area contributed by atoms with E-state index < -0.39 is 11.9 Å². The molecule has 0 spiro atoms. The highest BCUT2D eigenvalue weighted by atomic mass is 35.5. The van der Waals surface area contributed by atoms with Crippen molar-refractivity contribution >= 4 is 18.3 Å². The fourth-order valence-electron chi connectivity index (χ4n) is 3.31. The number of halogens is 4. The number of rotatable bonds is 3. The molecule has 1 saturated heterocycles. The van der Waals surface area contributed by atoms with Gasteiger partial charge in [-0.1, -0.05) is 13.0 Å². The predicted molar refractivity (Wildman–Crippen MR) is 98.1 cm³/mol. The van der Waals surface area contributed by atoms with Crippen LogP contribution < -0.4 is 5.73 Å². The molecule has 0 bridgehead atoms. The Balaban J connectivity index is 0.00000261. The highest BCUT2D eigenvalue weighted by Gasteiger charge is 2.34. The lowest BCUT2D eigenvalue weighted by atomic mass is 9.92. The van der Waals surface area contributed by atoms with Crippen molar-refractivity contribution in [3.8, 4) is 5.69 Å². The highest BCUT2D eigenvalue weighted by Crippen LogP contribution is 2.28. The van der Waals surface area contributed by atoms with Crippen molar-refractivity contribution in [2.45, 2.75) is 32.0 Å². The molecular weight excluding hydrogens is 381 g/mol. The summed E-state index contributed by atoms with van der Waals surface area (Å²) in [6.45, 7) is 3.16. The van der Waals surface area contributed by atoms with Crippen LogP contribution in [0, 0.1) is 5.92 Å². The standard InChI is InChI=1S/C18H21F3N4O.ClH/c1-12-5-7-24(15(9-12)11-22)17(26)13-3-2-4-14(10-13)25-8-6-16(23-25)18(19,20)21;/h2-4,6,8,10,12,15H,5,7,9,11,22H2,1H3;1H. The molecule has 0 saturated carbocycles. The molecule has 1 aromatic heterocycles. The zero-order chi connectivity index (χ0) is 18.9. The summed E-state index contributed by atoms with van der Waals surface area (Å²) in [4.78, 5) is 14.7. The number of carbonyl (C=O) groups excluding carboxylic acids is 1. The van der Waals surface area contributed by atoms with E-state index >= 15 is 0 Å². The number of hydrogen-bond acceptors (Lipinski definition) is 3. The van der Waals surface area contributed by atoms with Gasteiger partial charge in [0.05, 0.1) is 5.69 Å². The van der Waals surface area contributed by atoms with Gasteiger partial charge in [0, 0.05) is 30.9 Å². The van der Waals surface area contributed by atoms with Gasteiger partial charge < -0.3 is 10.6 Å². The maximum Gasteiger partial charge on any atom is 0.435 e. The predicted octanol–water partition coefficient (Wildman–Crippen LogP) is 3.51. The van der Waals surface area contributed by atoms with E-state index in [1.165, 1.54) is 6.20 Å². The van der Waals surface area contributed by atoms with Gasteiger partial charge in [0.2, 0.25) is 0 Å². The Morgan fingerprint density at radius 1 is 1.33 bits per heavy atom. The molecule has 2 aromatic rings. The van der Waals surface area contributed by atoms with E-state index in [4.69, 9.17) is 5.73 Å². The van der Waals surface area contributed by atoms with Crippen LogP contribution in [-0.4, -0.2) is 39.7 Å². The Labute approximate surface area is 161 Å². The maximum absolute atomic E-state index is 12.9. The Morgan fingerprint density at radius 2 is 2.07 bits per heavy atom. The van der Waals surface area contributed by atoms with Crippen LogP contribution in [0.3, 0.4) is 0 Å². The lowest BCUT2D eigenvalue weighted by molar-refractivity contribution is -0.141. The number of aromatic nitrogens is 2. The first-order valence-electron chi connectivity index (χ1n) is 8.54. The average Bonchev–Trinajstić information content (AvgIpc) is 3.11. The van der Waals surface area contributed by atoms with E-state index in [0.29, 0.717) is 30.3 Å². The first kappa shape index (κ1) is 21.2. The number of alkyl halides is 3. The summed E-state index contributed by atoms with van der Waals surface area (Å²) in [5.74, 6) is 0.362. The lowest BCUT2D eigenvalue weighted by Crippen LogP contribution is -2.49. The van der Waals surface area contributed by atoms with Crippen molar-refractivity contribution in [1.82, 2.24) is 14.7 Å². The summed E-state index contributed by atoms with van der Waals surface area (Å²) < 4.78 is 39.3. The third-order valence-electron chi connectivity index (χ3n) is 4.75. The van der Waals surface area contributed by atoms with Crippen molar-refractivity contribution in [2.24, 2.45) is 11.7 Å². The molecule has 1 aliphatic rings. The first-order valence-corrected chi connectivity index (χ1v) is 8.54.